The molecule has 0 saturated carbocycles. The molecule has 3 heterocycles. The van der Waals surface area contributed by atoms with Crippen LogP contribution in [-0.2, 0) is 28.6 Å². The van der Waals surface area contributed by atoms with Gasteiger partial charge in [-0.2, -0.15) is 0 Å². The summed E-state index contributed by atoms with van der Waals surface area (Å²) in [5, 5.41) is 6.65. The molecular weight excluding hydrogens is 395 g/mol. The van der Waals surface area contributed by atoms with Crippen molar-refractivity contribution in [1.29, 1.82) is 0 Å². The Hall–Kier alpha value is -4.09. The average Bonchev–Trinajstić information content (AvgIpc) is 3.12. The first-order valence-corrected chi connectivity index (χ1v) is 8.81. The highest BCUT2D eigenvalue weighted by molar-refractivity contribution is 6.20. The highest BCUT2D eigenvalue weighted by Crippen LogP contribution is 2.40. The summed E-state index contributed by atoms with van der Waals surface area (Å²) >= 11 is 0. The molecule has 3 aromatic rings. The topological polar surface area (TPSA) is 164 Å². The van der Waals surface area contributed by atoms with Crippen LogP contribution in [0.25, 0.3) is 11.6 Å². The number of primary amides is 1. The number of hydrogen-bond acceptors (Lipinski definition) is 7. The molecule has 1 aliphatic heterocycles. The molecule has 1 atom stereocenters. The summed E-state index contributed by atoms with van der Waals surface area (Å²) in [6.07, 6.45) is 0. The van der Waals surface area contributed by atoms with Crippen molar-refractivity contribution in [3.63, 3.8) is 0 Å². The van der Waals surface area contributed by atoms with Crippen LogP contribution in [0.3, 0.4) is 0 Å². The molecule has 0 fully saturated rings. The van der Waals surface area contributed by atoms with E-state index in [1.165, 1.54) is 24.6 Å². The van der Waals surface area contributed by atoms with Crippen molar-refractivity contribution in [3.8, 4) is 11.6 Å². The van der Waals surface area contributed by atoms with Gasteiger partial charge in [-0.15, -0.1) is 5.10 Å². The number of nitrogens with zero attached hydrogens (tertiary/aromatic N) is 5. The highest BCUT2D eigenvalue weighted by atomic mass is 19.1. The lowest BCUT2D eigenvalue weighted by Gasteiger charge is -2.18. The molecule has 12 heteroatoms. The maximum absolute atomic E-state index is 13.9. The summed E-state index contributed by atoms with van der Waals surface area (Å²) < 4.78 is 16.2. The van der Waals surface area contributed by atoms with Gasteiger partial charge in [-0.1, -0.05) is 18.2 Å². The standard InChI is InChI=1S/C18H17FN8O3/c1-18(15(21)28)10-11(20)22-13(23-12(10)24-16(18)29)14-25-27(17(30)26(14)2)7-8-5-3-4-6-9(8)19/h3-6H,7H2,1-2H3,(H2,21,28)(H3,20,22,23,24,29). The van der Waals surface area contributed by atoms with E-state index in [0.29, 0.717) is 0 Å². The number of nitrogens with two attached hydrogens (primary N) is 2. The van der Waals surface area contributed by atoms with Crippen LogP contribution in [0.4, 0.5) is 16.0 Å². The van der Waals surface area contributed by atoms with E-state index in [4.69, 9.17) is 11.5 Å². The first-order chi connectivity index (χ1) is 14.1. The minimum absolute atomic E-state index is 0.0138. The van der Waals surface area contributed by atoms with Crippen molar-refractivity contribution in [2.75, 3.05) is 11.1 Å². The van der Waals surface area contributed by atoms with Gasteiger partial charge in [0.2, 0.25) is 23.5 Å². The number of nitrogen functional groups attached to an aromatic ring is 1. The summed E-state index contributed by atoms with van der Waals surface area (Å²) in [4.78, 5) is 45.1. The fourth-order valence-electron chi connectivity index (χ4n) is 3.32. The number of halogens is 1. The van der Waals surface area contributed by atoms with Crippen LogP contribution in [0.15, 0.2) is 29.1 Å². The SMILES string of the molecule is Cn1c(-c2nc(N)c3c(n2)NC(=O)C3(C)C(N)=O)nn(Cc2ccccc2F)c1=O. The van der Waals surface area contributed by atoms with Crippen molar-refractivity contribution in [2.45, 2.75) is 18.9 Å². The third kappa shape index (κ3) is 2.64. The summed E-state index contributed by atoms with van der Waals surface area (Å²) in [7, 11) is 1.45. The van der Waals surface area contributed by atoms with Gasteiger partial charge in [0.05, 0.1) is 12.1 Å². The third-order valence-corrected chi connectivity index (χ3v) is 5.13. The van der Waals surface area contributed by atoms with Gasteiger partial charge >= 0.3 is 5.69 Å². The molecule has 2 aromatic heterocycles. The molecule has 30 heavy (non-hydrogen) atoms. The Kier molecular flexibility index (Phi) is 4.15. The Balaban J connectivity index is 1.80. The molecule has 0 radical (unpaired) electrons. The molecule has 2 amide bonds. The second-order valence-corrected chi connectivity index (χ2v) is 7.01. The fourth-order valence-corrected chi connectivity index (χ4v) is 3.32. The van der Waals surface area contributed by atoms with Crippen LogP contribution in [0.2, 0.25) is 0 Å². The zero-order chi connectivity index (χ0) is 21.8. The van der Waals surface area contributed by atoms with Crippen LogP contribution in [0, 0.1) is 5.82 Å². The summed E-state index contributed by atoms with van der Waals surface area (Å²) in [6, 6.07) is 6.02. The fraction of sp³-hybridized carbons (Fsp3) is 0.222. The van der Waals surface area contributed by atoms with Gasteiger partial charge in [0.25, 0.3) is 0 Å². The second-order valence-electron chi connectivity index (χ2n) is 7.01. The Labute approximate surface area is 168 Å². The molecule has 0 aliphatic carbocycles. The summed E-state index contributed by atoms with van der Waals surface area (Å²) in [6.45, 7) is 1.23. The monoisotopic (exact) mass is 412 g/mol. The van der Waals surface area contributed by atoms with Gasteiger partial charge in [-0.25, -0.2) is 23.8 Å². The molecule has 1 unspecified atom stereocenters. The lowest BCUT2D eigenvalue weighted by Crippen LogP contribution is -2.44. The first kappa shape index (κ1) is 19.2. The minimum atomic E-state index is -1.71. The number of hydrogen-bond donors (Lipinski definition) is 3. The van der Waals surface area contributed by atoms with Crippen LogP contribution in [0.5, 0.6) is 0 Å². The zero-order valence-corrected chi connectivity index (χ0v) is 16.0. The smallest absolute Gasteiger partial charge is 0.346 e. The number of benzene rings is 1. The number of fused-ring (bicyclic) bond motifs is 1. The van der Waals surface area contributed by atoms with Crippen molar-refractivity contribution in [2.24, 2.45) is 12.8 Å². The number of amides is 2. The molecule has 0 spiro atoms. The minimum Gasteiger partial charge on any atom is -0.383 e. The molecule has 1 aromatic carbocycles. The molecule has 4 rings (SSSR count). The Morgan fingerprint density at radius 1 is 1.27 bits per heavy atom. The Morgan fingerprint density at radius 3 is 2.63 bits per heavy atom. The van der Waals surface area contributed by atoms with Gasteiger partial charge in [0.15, 0.2) is 5.41 Å². The molecule has 11 nitrogen and oxygen atoms in total. The van der Waals surface area contributed by atoms with Crippen molar-refractivity contribution >= 4 is 23.5 Å². The highest BCUT2D eigenvalue weighted by Gasteiger charge is 2.51. The van der Waals surface area contributed by atoms with Gasteiger partial charge in [-0.05, 0) is 13.0 Å². The van der Waals surface area contributed by atoms with E-state index < -0.39 is 28.7 Å². The van der Waals surface area contributed by atoms with Crippen molar-refractivity contribution in [1.82, 2.24) is 24.3 Å². The van der Waals surface area contributed by atoms with Gasteiger partial charge < -0.3 is 16.8 Å². The summed E-state index contributed by atoms with van der Waals surface area (Å²) in [5.41, 5.74) is 9.50. The normalized spacial score (nSPS) is 17.6. The lowest BCUT2D eigenvalue weighted by atomic mass is 9.84. The number of carbonyl (C=O) groups excluding carboxylic acids is 2. The first-order valence-electron chi connectivity index (χ1n) is 8.81. The van der Waals surface area contributed by atoms with E-state index in [2.05, 4.69) is 20.4 Å². The average molecular weight is 412 g/mol. The number of nitrogens with one attached hydrogen (secondary N) is 1. The van der Waals surface area contributed by atoms with E-state index in [0.717, 1.165) is 4.68 Å². The van der Waals surface area contributed by atoms with E-state index in [9.17, 15) is 18.8 Å². The predicted octanol–water partition coefficient (Wildman–Crippen LogP) is -0.496. The molecule has 0 saturated heterocycles. The van der Waals surface area contributed by atoms with Crippen molar-refractivity contribution in [3.05, 3.63) is 51.7 Å². The molecule has 0 bridgehead atoms. The number of anilines is 2. The van der Waals surface area contributed by atoms with Gasteiger partial charge in [-0.3, -0.25) is 14.2 Å². The number of aromatic nitrogens is 5. The zero-order valence-electron chi connectivity index (χ0n) is 16.0. The molecule has 1 aliphatic rings. The third-order valence-electron chi connectivity index (χ3n) is 5.13. The largest absolute Gasteiger partial charge is 0.383 e. The molecular formula is C18H17FN8O3. The summed E-state index contributed by atoms with van der Waals surface area (Å²) in [5.74, 6) is -2.18. The quantitative estimate of drug-likeness (QED) is 0.486. The Bertz CT molecular complexity index is 1280. The van der Waals surface area contributed by atoms with E-state index in [1.807, 2.05) is 0 Å². The molecule has 5 N–H and O–H groups in total. The predicted molar refractivity (Wildman–Crippen MR) is 104 cm³/mol. The van der Waals surface area contributed by atoms with Crippen molar-refractivity contribution < 1.29 is 14.0 Å². The number of carbonyl (C=O) groups is 2. The van der Waals surface area contributed by atoms with Crippen LogP contribution in [0.1, 0.15) is 18.1 Å². The van der Waals surface area contributed by atoms with Gasteiger partial charge in [0.1, 0.15) is 17.5 Å². The number of rotatable bonds is 4. The van der Waals surface area contributed by atoms with E-state index in [-0.39, 0.29) is 41.0 Å². The van der Waals surface area contributed by atoms with E-state index >= 15 is 0 Å². The van der Waals surface area contributed by atoms with Crippen LogP contribution in [-0.4, -0.2) is 36.1 Å². The van der Waals surface area contributed by atoms with Gasteiger partial charge in [0, 0.05) is 12.6 Å². The lowest BCUT2D eigenvalue weighted by molar-refractivity contribution is -0.131. The van der Waals surface area contributed by atoms with E-state index in [1.54, 1.807) is 18.2 Å². The second kappa shape index (κ2) is 6.47. The molecule has 154 valence electrons. The van der Waals surface area contributed by atoms with Crippen LogP contribution < -0.4 is 22.5 Å². The maximum atomic E-state index is 13.9. The Morgan fingerprint density at radius 2 is 1.97 bits per heavy atom. The maximum Gasteiger partial charge on any atom is 0.346 e. The van der Waals surface area contributed by atoms with Crippen LogP contribution >= 0.6 is 0 Å².